The standard InChI is InChI=1S/C13H21NO2S.ClH/c1-10(2)14-8-11(15)9-16-12-6-4-5-7-13(12)17-3;/h4-7,10-11,14-15H,8-9H2,1-3H3;1H. The van der Waals surface area contributed by atoms with E-state index in [1.54, 1.807) is 11.8 Å². The van der Waals surface area contributed by atoms with Gasteiger partial charge in [0.15, 0.2) is 0 Å². The van der Waals surface area contributed by atoms with Gasteiger partial charge in [-0.3, -0.25) is 0 Å². The smallest absolute Gasteiger partial charge is 1.00 e. The van der Waals surface area contributed by atoms with Crippen LogP contribution in [0.1, 0.15) is 15.3 Å². The fourth-order valence-electron chi connectivity index (χ4n) is 1.35. The zero-order chi connectivity index (χ0) is 12.7. The van der Waals surface area contributed by atoms with Gasteiger partial charge in [0.1, 0.15) is 18.5 Å². The van der Waals surface area contributed by atoms with Gasteiger partial charge in [-0.15, -0.1) is 11.8 Å². The lowest BCUT2D eigenvalue weighted by molar-refractivity contribution is -0.00000548. The monoisotopic (exact) mass is 291 g/mol. The predicted molar refractivity (Wildman–Crippen MR) is 74.0 cm³/mol. The van der Waals surface area contributed by atoms with Gasteiger partial charge < -0.3 is 27.6 Å². The van der Waals surface area contributed by atoms with Crippen LogP contribution in [0.2, 0.25) is 0 Å². The highest BCUT2D eigenvalue weighted by Crippen LogP contribution is 2.26. The van der Waals surface area contributed by atoms with Crippen molar-refractivity contribution in [2.45, 2.75) is 30.9 Å². The van der Waals surface area contributed by atoms with Gasteiger partial charge in [-0.1, -0.05) is 26.0 Å². The first-order valence-electron chi connectivity index (χ1n) is 5.80. The number of rotatable bonds is 7. The second-order valence-electron chi connectivity index (χ2n) is 4.18. The van der Waals surface area contributed by atoms with E-state index in [4.69, 9.17) is 4.74 Å². The lowest BCUT2D eigenvalue weighted by Gasteiger charge is -2.16. The molecule has 1 rings (SSSR count). The van der Waals surface area contributed by atoms with Crippen LogP contribution in [-0.4, -0.2) is 36.7 Å². The highest BCUT2D eigenvalue weighted by molar-refractivity contribution is 7.98. The maximum absolute atomic E-state index is 9.73. The minimum atomic E-state index is -0.479. The van der Waals surface area contributed by atoms with Gasteiger partial charge in [0.05, 0.1) is 0 Å². The molecule has 0 aliphatic rings. The third-order valence-electron chi connectivity index (χ3n) is 2.26. The Hall–Kier alpha value is -0.420. The Bertz CT molecular complexity index is 342. The summed E-state index contributed by atoms with van der Waals surface area (Å²) in [5.41, 5.74) is 0. The zero-order valence-corrected chi connectivity index (χ0v) is 12.6. The molecule has 1 aromatic carbocycles. The van der Waals surface area contributed by atoms with E-state index in [1.165, 1.54) is 0 Å². The van der Waals surface area contributed by atoms with E-state index in [1.807, 2.05) is 30.5 Å². The fraction of sp³-hybridized carbons (Fsp3) is 0.538. The van der Waals surface area contributed by atoms with Crippen molar-refractivity contribution in [2.75, 3.05) is 19.4 Å². The molecule has 0 aliphatic heterocycles. The molecule has 0 saturated heterocycles. The van der Waals surface area contributed by atoms with Crippen molar-refractivity contribution < 1.29 is 23.7 Å². The molecule has 18 heavy (non-hydrogen) atoms. The van der Waals surface area contributed by atoms with Gasteiger partial charge in [0, 0.05) is 17.5 Å². The van der Waals surface area contributed by atoms with Gasteiger partial charge in [-0.05, 0) is 18.4 Å². The van der Waals surface area contributed by atoms with Gasteiger partial charge in [-0.25, -0.2) is 0 Å². The van der Waals surface area contributed by atoms with E-state index in [9.17, 15) is 5.11 Å². The summed E-state index contributed by atoms with van der Waals surface area (Å²) in [5.74, 6) is 0.837. The van der Waals surface area contributed by atoms with Crippen molar-refractivity contribution >= 4 is 11.8 Å². The first kappa shape index (κ1) is 17.6. The number of thioether (sulfide) groups is 1. The number of aliphatic hydroxyl groups excluding tert-OH is 1. The Morgan fingerprint density at radius 1 is 1.39 bits per heavy atom. The highest BCUT2D eigenvalue weighted by atomic mass is 35.5. The highest BCUT2D eigenvalue weighted by Gasteiger charge is 2.07. The van der Waals surface area contributed by atoms with Crippen LogP contribution in [0.3, 0.4) is 0 Å². The molecule has 1 unspecified atom stereocenters. The van der Waals surface area contributed by atoms with E-state index >= 15 is 0 Å². The van der Waals surface area contributed by atoms with Crippen LogP contribution in [0.4, 0.5) is 0 Å². The van der Waals surface area contributed by atoms with Crippen molar-refractivity contribution in [1.29, 1.82) is 0 Å². The number of benzene rings is 1. The summed E-state index contributed by atoms with van der Waals surface area (Å²) < 4.78 is 5.61. The zero-order valence-electron chi connectivity index (χ0n) is 12.0. The molecular formula is C13H22ClNO2S. The molecule has 104 valence electrons. The van der Waals surface area contributed by atoms with Crippen molar-refractivity contribution in [3.63, 3.8) is 0 Å². The SMILES string of the molecule is CSc1ccccc1OCC(O)CNC(C)C.[Cl-].[H+]. The van der Waals surface area contributed by atoms with E-state index in [0.717, 1.165) is 10.6 Å². The Morgan fingerprint density at radius 3 is 2.67 bits per heavy atom. The van der Waals surface area contributed by atoms with E-state index in [2.05, 4.69) is 19.2 Å². The molecule has 5 heteroatoms. The quantitative estimate of drug-likeness (QED) is 0.650. The summed E-state index contributed by atoms with van der Waals surface area (Å²) >= 11 is 1.64. The number of aliphatic hydroxyl groups is 1. The van der Waals surface area contributed by atoms with Crippen molar-refractivity contribution in [3.8, 4) is 5.75 Å². The normalized spacial score (nSPS) is 12.1. The maximum Gasteiger partial charge on any atom is 1.00 e. The molecular weight excluding hydrogens is 270 g/mol. The summed E-state index contributed by atoms with van der Waals surface area (Å²) in [7, 11) is 0. The predicted octanol–water partition coefficient (Wildman–Crippen LogP) is -0.737. The number of para-hydroxylation sites is 1. The largest absolute Gasteiger partial charge is 1.00 e. The van der Waals surface area contributed by atoms with Gasteiger partial charge >= 0.3 is 1.43 Å². The minimum Gasteiger partial charge on any atom is -1.00 e. The van der Waals surface area contributed by atoms with Crippen molar-refractivity contribution in [3.05, 3.63) is 24.3 Å². The molecule has 1 atom stereocenters. The summed E-state index contributed by atoms with van der Waals surface area (Å²) in [6.07, 6.45) is 1.53. The van der Waals surface area contributed by atoms with Gasteiger partial charge in [-0.2, -0.15) is 0 Å². The minimum absolute atomic E-state index is 0. The number of hydrogen-bond donors (Lipinski definition) is 2. The van der Waals surface area contributed by atoms with Crippen LogP contribution < -0.4 is 22.5 Å². The molecule has 0 saturated carbocycles. The van der Waals surface area contributed by atoms with Crippen molar-refractivity contribution in [1.82, 2.24) is 5.32 Å². The van der Waals surface area contributed by atoms with Crippen LogP contribution in [0, 0.1) is 0 Å². The molecule has 0 aromatic heterocycles. The van der Waals surface area contributed by atoms with Crippen molar-refractivity contribution in [2.24, 2.45) is 0 Å². The first-order chi connectivity index (χ1) is 8.13. The molecule has 0 aliphatic carbocycles. The molecule has 2 N–H and O–H groups in total. The Labute approximate surface area is 121 Å². The van der Waals surface area contributed by atoms with E-state index < -0.39 is 6.10 Å². The van der Waals surface area contributed by atoms with Crippen LogP contribution in [0.5, 0.6) is 5.75 Å². The van der Waals surface area contributed by atoms with Crippen LogP contribution in [0.15, 0.2) is 29.2 Å². The fourth-order valence-corrected chi connectivity index (χ4v) is 1.90. The number of halogens is 1. The Morgan fingerprint density at radius 2 is 2.06 bits per heavy atom. The van der Waals surface area contributed by atoms with Crippen LogP contribution in [-0.2, 0) is 0 Å². The molecule has 3 nitrogen and oxygen atoms in total. The molecule has 0 heterocycles. The topological polar surface area (TPSA) is 41.5 Å². The third-order valence-corrected chi connectivity index (χ3v) is 3.04. The van der Waals surface area contributed by atoms with E-state index in [-0.39, 0.29) is 13.8 Å². The molecule has 1 aromatic rings. The Kier molecular flexibility index (Phi) is 9.28. The summed E-state index contributed by atoms with van der Waals surface area (Å²) in [5, 5.41) is 12.9. The first-order valence-corrected chi connectivity index (χ1v) is 7.03. The number of hydrogen-bond acceptors (Lipinski definition) is 4. The molecule has 0 bridgehead atoms. The summed E-state index contributed by atoms with van der Waals surface area (Å²) in [4.78, 5) is 1.09. The number of ether oxygens (including phenoxy) is 1. The second-order valence-corrected chi connectivity index (χ2v) is 5.03. The average Bonchev–Trinajstić information content (AvgIpc) is 2.34. The second kappa shape index (κ2) is 9.50. The average molecular weight is 292 g/mol. The van der Waals surface area contributed by atoms with Gasteiger partial charge in [0.25, 0.3) is 0 Å². The molecule has 0 fully saturated rings. The van der Waals surface area contributed by atoms with Gasteiger partial charge in [0.2, 0.25) is 0 Å². The maximum atomic E-state index is 9.73. The lowest BCUT2D eigenvalue weighted by Crippen LogP contribution is -3.00. The Balaban J connectivity index is 0. The lowest BCUT2D eigenvalue weighted by atomic mass is 10.3. The molecule has 0 radical (unpaired) electrons. The van der Waals surface area contributed by atoms with E-state index in [0.29, 0.717) is 19.2 Å². The van der Waals surface area contributed by atoms with Crippen LogP contribution in [0.25, 0.3) is 0 Å². The number of nitrogens with one attached hydrogen (secondary N) is 1. The summed E-state index contributed by atoms with van der Waals surface area (Å²) in [6.45, 7) is 4.98. The summed E-state index contributed by atoms with van der Waals surface area (Å²) in [6, 6.07) is 8.24. The third kappa shape index (κ3) is 6.50. The molecule has 0 amide bonds. The molecule has 0 spiro atoms. The van der Waals surface area contributed by atoms with Crippen LogP contribution >= 0.6 is 11.8 Å².